The first-order valence-electron chi connectivity index (χ1n) is 34.4. The van der Waals surface area contributed by atoms with Gasteiger partial charge in [-0.1, -0.05) is 306 Å². The highest BCUT2D eigenvalue weighted by Gasteiger charge is 2.44. The average Bonchev–Trinajstić information content (AvgIpc) is 3.47. The van der Waals surface area contributed by atoms with Gasteiger partial charge in [-0.2, -0.15) is 0 Å². The van der Waals surface area contributed by atoms with E-state index in [0.717, 1.165) is 44.9 Å². The van der Waals surface area contributed by atoms with E-state index in [1.807, 2.05) is 6.08 Å². The lowest BCUT2D eigenvalue weighted by atomic mass is 9.99. The molecular formula is C70H131NO8. The van der Waals surface area contributed by atoms with Crippen LogP contribution in [0.15, 0.2) is 48.6 Å². The zero-order valence-electron chi connectivity index (χ0n) is 51.9. The van der Waals surface area contributed by atoms with Crippen molar-refractivity contribution in [3.63, 3.8) is 0 Å². The lowest BCUT2D eigenvalue weighted by molar-refractivity contribution is -0.302. The van der Waals surface area contributed by atoms with Gasteiger partial charge in [0.05, 0.1) is 25.4 Å². The van der Waals surface area contributed by atoms with Crippen molar-refractivity contribution in [1.82, 2.24) is 5.32 Å². The zero-order chi connectivity index (χ0) is 57.2. The van der Waals surface area contributed by atoms with E-state index >= 15 is 0 Å². The second kappa shape index (κ2) is 59.3. The van der Waals surface area contributed by atoms with Gasteiger partial charge in [-0.15, -0.1) is 0 Å². The molecule has 464 valence electrons. The van der Waals surface area contributed by atoms with E-state index in [-0.39, 0.29) is 12.5 Å². The fourth-order valence-electron chi connectivity index (χ4n) is 11.0. The predicted molar refractivity (Wildman–Crippen MR) is 336 cm³/mol. The zero-order valence-corrected chi connectivity index (χ0v) is 51.9. The largest absolute Gasteiger partial charge is 0.394 e. The Labute approximate surface area is 488 Å². The molecule has 1 aliphatic rings. The Morgan fingerprint density at radius 1 is 0.418 bits per heavy atom. The molecule has 0 aromatic carbocycles. The van der Waals surface area contributed by atoms with Crippen LogP contribution in [-0.2, 0) is 14.3 Å². The molecule has 0 bridgehead atoms. The highest BCUT2D eigenvalue weighted by atomic mass is 16.7. The lowest BCUT2D eigenvalue weighted by Crippen LogP contribution is -2.60. The van der Waals surface area contributed by atoms with Gasteiger partial charge in [-0.25, -0.2) is 0 Å². The molecule has 0 saturated carbocycles. The van der Waals surface area contributed by atoms with Crippen LogP contribution in [0.3, 0.4) is 0 Å². The molecule has 7 unspecified atom stereocenters. The molecule has 0 spiro atoms. The standard InChI is InChI=1S/C70H131NO8/c1-3-5-7-9-11-13-15-17-19-21-23-25-27-29-30-31-32-33-34-36-38-40-42-44-46-48-50-52-54-56-58-60-66(74)71-63(62-78-70-69(77)68(76)67(75)65(61-72)79-70)64(73)59-57-55-53-51-49-47-45-43-41-39-37-35-28-26-24-22-20-18-16-14-12-10-8-6-4-2/h29-30,41,43,49,51,57,59,63-65,67-70,72-73,75-77H,3-28,31-40,42,44-48,50,52-56,58,60-62H2,1-2H3,(H,71,74)/b30-29-,43-41+,51-49+,59-57+. The minimum Gasteiger partial charge on any atom is -0.394 e. The van der Waals surface area contributed by atoms with Crippen LogP contribution in [0.4, 0.5) is 0 Å². The monoisotopic (exact) mass is 1110 g/mol. The third-order valence-corrected chi connectivity index (χ3v) is 16.4. The van der Waals surface area contributed by atoms with Crippen LogP contribution in [-0.4, -0.2) is 87.5 Å². The van der Waals surface area contributed by atoms with E-state index in [1.165, 1.54) is 270 Å². The second-order valence-corrected chi connectivity index (χ2v) is 24.0. The number of nitrogens with one attached hydrogen (secondary N) is 1. The number of unbranched alkanes of at least 4 members (excludes halogenated alkanes) is 44. The van der Waals surface area contributed by atoms with Crippen molar-refractivity contribution in [2.75, 3.05) is 13.2 Å². The summed E-state index contributed by atoms with van der Waals surface area (Å²) in [5, 5.41) is 54.7. The summed E-state index contributed by atoms with van der Waals surface area (Å²) in [5.41, 5.74) is 0. The van der Waals surface area contributed by atoms with Crippen LogP contribution in [0.25, 0.3) is 0 Å². The normalized spacial score (nSPS) is 18.8. The molecule has 0 aromatic heterocycles. The molecular weight excluding hydrogens is 983 g/mol. The summed E-state index contributed by atoms with van der Waals surface area (Å²) in [6.45, 7) is 3.80. The van der Waals surface area contributed by atoms with Gasteiger partial charge in [0, 0.05) is 6.42 Å². The van der Waals surface area contributed by atoms with E-state index in [4.69, 9.17) is 9.47 Å². The first-order chi connectivity index (χ1) is 38.8. The van der Waals surface area contributed by atoms with Crippen LogP contribution >= 0.6 is 0 Å². The Morgan fingerprint density at radius 2 is 0.722 bits per heavy atom. The highest BCUT2D eigenvalue weighted by molar-refractivity contribution is 5.76. The maximum absolute atomic E-state index is 13.1. The molecule has 79 heavy (non-hydrogen) atoms. The molecule has 0 radical (unpaired) electrons. The minimum atomic E-state index is -1.58. The number of carbonyl (C=O) groups excluding carboxylic acids is 1. The first kappa shape index (κ1) is 75.2. The molecule has 0 aliphatic carbocycles. The third kappa shape index (κ3) is 48.3. The molecule has 1 aliphatic heterocycles. The minimum absolute atomic E-state index is 0.186. The highest BCUT2D eigenvalue weighted by Crippen LogP contribution is 2.23. The van der Waals surface area contributed by atoms with Crippen molar-refractivity contribution in [3.8, 4) is 0 Å². The van der Waals surface area contributed by atoms with E-state index in [0.29, 0.717) is 6.42 Å². The molecule has 0 aromatic rings. The van der Waals surface area contributed by atoms with Crippen molar-refractivity contribution >= 4 is 5.91 Å². The maximum atomic E-state index is 13.1. The number of aliphatic hydroxyl groups is 5. The summed E-state index contributed by atoms with van der Waals surface area (Å²) in [5.74, 6) is -0.186. The number of aliphatic hydroxyl groups excluding tert-OH is 5. The summed E-state index contributed by atoms with van der Waals surface area (Å²) < 4.78 is 11.3. The Kier molecular flexibility index (Phi) is 56.4. The third-order valence-electron chi connectivity index (χ3n) is 16.4. The van der Waals surface area contributed by atoms with Crippen molar-refractivity contribution in [1.29, 1.82) is 0 Å². The van der Waals surface area contributed by atoms with Gasteiger partial charge in [0.2, 0.25) is 5.91 Å². The van der Waals surface area contributed by atoms with Crippen LogP contribution in [0, 0.1) is 0 Å². The van der Waals surface area contributed by atoms with Gasteiger partial charge in [-0.05, 0) is 70.6 Å². The van der Waals surface area contributed by atoms with Crippen molar-refractivity contribution in [2.24, 2.45) is 0 Å². The van der Waals surface area contributed by atoms with Crippen molar-refractivity contribution in [3.05, 3.63) is 48.6 Å². The molecule has 7 atom stereocenters. The van der Waals surface area contributed by atoms with Gasteiger partial charge in [0.15, 0.2) is 6.29 Å². The topological polar surface area (TPSA) is 149 Å². The summed E-state index contributed by atoms with van der Waals surface area (Å²) in [6, 6.07) is -0.830. The quantitative estimate of drug-likeness (QED) is 0.0261. The van der Waals surface area contributed by atoms with Crippen molar-refractivity contribution < 1.29 is 39.8 Å². The molecule has 6 N–H and O–H groups in total. The Balaban J connectivity index is 2.16. The van der Waals surface area contributed by atoms with Crippen molar-refractivity contribution in [2.45, 2.75) is 378 Å². The molecule has 1 fully saturated rings. The van der Waals surface area contributed by atoms with Gasteiger partial charge in [0.25, 0.3) is 0 Å². The Bertz CT molecular complexity index is 1380. The lowest BCUT2D eigenvalue weighted by Gasteiger charge is -2.40. The number of hydrogen-bond donors (Lipinski definition) is 6. The first-order valence-corrected chi connectivity index (χ1v) is 34.4. The Hall–Kier alpha value is -1.85. The second-order valence-electron chi connectivity index (χ2n) is 24.0. The fourth-order valence-corrected chi connectivity index (χ4v) is 11.0. The number of ether oxygens (including phenoxy) is 2. The van der Waals surface area contributed by atoms with Gasteiger partial charge >= 0.3 is 0 Å². The van der Waals surface area contributed by atoms with Crippen LogP contribution in [0.1, 0.15) is 335 Å². The molecule has 1 heterocycles. The van der Waals surface area contributed by atoms with E-state index < -0.39 is 49.5 Å². The van der Waals surface area contributed by atoms with Crippen LogP contribution in [0.2, 0.25) is 0 Å². The number of rotatable bonds is 60. The molecule has 9 heteroatoms. The molecule has 1 amide bonds. The van der Waals surface area contributed by atoms with Gasteiger partial charge < -0.3 is 40.3 Å². The molecule has 1 saturated heterocycles. The summed E-state index contributed by atoms with van der Waals surface area (Å²) in [7, 11) is 0. The number of amides is 1. The van der Waals surface area contributed by atoms with Gasteiger partial charge in [-0.3, -0.25) is 4.79 Å². The van der Waals surface area contributed by atoms with Gasteiger partial charge in [0.1, 0.15) is 24.4 Å². The summed E-state index contributed by atoms with van der Waals surface area (Å²) >= 11 is 0. The molecule has 1 rings (SSSR count). The number of allylic oxidation sites excluding steroid dienone is 7. The van der Waals surface area contributed by atoms with Crippen LogP contribution < -0.4 is 5.32 Å². The smallest absolute Gasteiger partial charge is 0.220 e. The number of carbonyl (C=O) groups is 1. The maximum Gasteiger partial charge on any atom is 0.220 e. The van der Waals surface area contributed by atoms with E-state index in [2.05, 4.69) is 55.6 Å². The Morgan fingerprint density at radius 3 is 1.06 bits per heavy atom. The van der Waals surface area contributed by atoms with Crippen LogP contribution in [0.5, 0.6) is 0 Å². The van der Waals surface area contributed by atoms with E-state index in [9.17, 15) is 30.3 Å². The average molecular weight is 1110 g/mol. The summed E-state index contributed by atoms with van der Waals surface area (Å²) in [6.07, 6.45) is 73.6. The van der Waals surface area contributed by atoms with E-state index in [1.54, 1.807) is 6.08 Å². The number of hydrogen-bond acceptors (Lipinski definition) is 8. The SMILES string of the molecule is CCCCCCCCCCCCCC/C=C\CCCCCCCCCCCCCCCCCC(=O)NC(COC1OC(CO)C(O)C(O)C1O)C(O)/C=C/CC/C=C/CC/C=C/CCCCCCCCCCCCCCCCC. The predicted octanol–water partition coefficient (Wildman–Crippen LogP) is 18.4. The summed E-state index contributed by atoms with van der Waals surface area (Å²) in [4.78, 5) is 13.1. The molecule has 9 nitrogen and oxygen atoms in total. The fraction of sp³-hybridized carbons (Fsp3) is 0.871.